The van der Waals surface area contributed by atoms with Gasteiger partial charge in [-0.1, -0.05) is 6.92 Å². The van der Waals surface area contributed by atoms with Crippen LogP contribution in [0.3, 0.4) is 0 Å². The van der Waals surface area contributed by atoms with E-state index in [1.807, 2.05) is 26.1 Å². The fourth-order valence-corrected chi connectivity index (χ4v) is 1.23. The number of nitrogens with zero attached hydrogens (tertiary/aromatic N) is 1. The second-order valence-corrected chi connectivity index (χ2v) is 3.53. The van der Waals surface area contributed by atoms with Gasteiger partial charge in [-0.3, -0.25) is 4.98 Å². The second-order valence-electron chi connectivity index (χ2n) is 3.53. The molecule has 0 saturated carbocycles. The molecule has 0 aliphatic heterocycles. The summed E-state index contributed by atoms with van der Waals surface area (Å²) in [6.45, 7) is 6.72. The first-order valence-electron chi connectivity index (χ1n) is 4.98. The average Bonchev–Trinajstić information content (AvgIpc) is 2.17. The van der Waals surface area contributed by atoms with E-state index < -0.39 is 0 Å². The highest BCUT2D eigenvalue weighted by Gasteiger charge is 2.11. The maximum absolute atomic E-state index is 5.82. The molecular weight excluding hydrogens is 176 g/mol. The van der Waals surface area contributed by atoms with E-state index in [4.69, 9.17) is 10.5 Å². The molecule has 1 aromatic heterocycles. The Bertz CT molecular complexity index is 286. The summed E-state index contributed by atoms with van der Waals surface area (Å²) in [5, 5.41) is 0. The molecule has 0 aromatic carbocycles. The molecular formula is C11H18N2O. The van der Waals surface area contributed by atoms with Gasteiger partial charge in [0.2, 0.25) is 0 Å². The molecule has 2 atom stereocenters. The molecule has 0 spiro atoms. The molecule has 1 aromatic rings. The average molecular weight is 194 g/mol. The highest BCUT2D eigenvalue weighted by Crippen LogP contribution is 2.20. The lowest BCUT2D eigenvalue weighted by molar-refractivity contribution is 0.338. The van der Waals surface area contributed by atoms with Gasteiger partial charge in [-0.25, -0.2) is 0 Å². The summed E-state index contributed by atoms with van der Waals surface area (Å²) in [7, 11) is 0. The topological polar surface area (TPSA) is 48.1 Å². The maximum atomic E-state index is 5.82. The summed E-state index contributed by atoms with van der Waals surface area (Å²) in [4.78, 5) is 4.13. The molecule has 2 N–H and O–H groups in total. The number of rotatable bonds is 4. The fourth-order valence-electron chi connectivity index (χ4n) is 1.23. The third-order valence-corrected chi connectivity index (χ3v) is 2.36. The van der Waals surface area contributed by atoms with Crippen molar-refractivity contribution < 1.29 is 4.74 Å². The minimum Gasteiger partial charge on any atom is -0.492 e. The van der Waals surface area contributed by atoms with Crippen LogP contribution >= 0.6 is 0 Å². The van der Waals surface area contributed by atoms with Gasteiger partial charge in [-0.15, -0.1) is 0 Å². The van der Waals surface area contributed by atoms with E-state index >= 15 is 0 Å². The van der Waals surface area contributed by atoms with Gasteiger partial charge in [0, 0.05) is 12.2 Å². The van der Waals surface area contributed by atoms with Crippen LogP contribution in [0, 0.1) is 0 Å². The minimum atomic E-state index is 0.133. The summed E-state index contributed by atoms with van der Waals surface area (Å²) < 4.78 is 5.37. The number of nitrogens with two attached hydrogens (primary N) is 1. The summed E-state index contributed by atoms with van der Waals surface area (Å²) in [6, 6.07) is 2.14. The van der Waals surface area contributed by atoms with Crippen LogP contribution in [0.4, 0.5) is 0 Å². The Morgan fingerprint density at radius 2 is 2.14 bits per heavy atom. The van der Waals surface area contributed by atoms with Gasteiger partial charge in [0.05, 0.1) is 12.8 Å². The molecule has 78 valence electrons. The fraction of sp³-hybridized carbons (Fsp3) is 0.545. The molecule has 1 heterocycles. The normalized spacial score (nSPS) is 14.9. The van der Waals surface area contributed by atoms with Crippen molar-refractivity contribution in [1.29, 1.82) is 0 Å². The lowest BCUT2D eigenvalue weighted by atomic mass is 9.97. The number of ether oxygens (including phenoxy) is 1. The van der Waals surface area contributed by atoms with Crippen LogP contribution in [-0.4, -0.2) is 17.6 Å². The lowest BCUT2D eigenvalue weighted by Gasteiger charge is -2.16. The van der Waals surface area contributed by atoms with Gasteiger partial charge >= 0.3 is 0 Å². The monoisotopic (exact) mass is 194 g/mol. The molecule has 0 aliphatic rings. The molecule has 1 rings (SSSR count). The Labute approximate surface area is 85.3 Å². The van der Waals surface area contributed by atoms with Crippen molar-refractivity contribution in [2.75, 3.05) is 6.61 Å². The van der Waals surface area contributed by atoms with Crippen molar-refractivity contribution in [1.82, 2.24) is 4.98 Å². The summed E-state index contributed by atoms with van der Waals surface area (Å²) in [5.41, 5.74) is 6.95. The van der Waals surface area contributed by atoms with E-state index in [0.29, 0.717) is 12.5 Å². The van der Waals surface area contributed by atoms with E-state index in [9.17, 15) is 0 Å². The van der Waals surface area contributed by atoms with E-state index in [1.54, 1.807) is 6.20 Å². The van der Waals surface area contributed by atoms with Crippen LogP contribution in [0.25, 0.3) is 0 Å². The summed E-state index contributed by atoms with van der Waals surface area (Å²) in [6.07, 6.45) is 3.57. The highest BCUT2D eigenvalue weighted by molar-refractivity contribution is 5.26. The van der Waals surface area contributed by atoms with Gasteiger partial charge in [0.15, 0.2) is 0 Å². The predicted molar refractivity (Wildman–Crippen MR) is 57.5 cm³/mol. The molecule has 3 nitrogen and oxygen atoms in total. The molecule has 0 amide bonds. The lowest BCUT2D eigenvalue weighted by Crippen LogP contribution is -2.22. The molecule has 0 aliphatic carbocycles. The van der Waals surface area contributed by atoms with E-state index in [0.717, 1.165) is 11.3 Å². The molecule has 3 heteroatoms. The van der Waals surface area contributed by atoms with Crippen LogP contribution in [0.1, 0.15) is 32.3 Å². The second kappa shape index (κ2) is 4.96. The molecule has 0 saturated heterocycles. The van der Waals surface area contributed by atoms with E-state index in [1.165, 1.54) is 0 Å². The molecule has 2 unspecified atom stereocenters. The van der Waals surface area contributed by atoms with Crippen molar-refractivity contribution in [3.05, 3.63) is 24.0 Å². The number of pyridine rings is 1. The van der Waals surface area contributed by atoms with Gasteiger partial charge in [0.1, 0.15) is 5.75 Å². The summed E-state index contributed by atoms with van der Waals surface area (Å²) >= 11 is 0. The zero-order chi connectivity index (χ0) is 10.6. The van der Waals surface area contributed by atoms with Gasteiger partial charge in [-0.2, -0.15) is 0 Å². The third-order valence-electron chi connectivity index (χ3n) is 2.36. The number of aromatic nitrogens is 1. The third kappa shape index (κ3) is 2.70. The maximum Gasteiger partial charge on any atom is 0.137 e. The van der Waals surface area contributed by atoms with Crippen LogP contribution in [-0.2, 0) is 0 Å². The SMILES string of the molecule is CCOc1cncc(C(C)C(C)N)c1. The standard InChI is InChI=1S/C11H18N2O/c1-4-14-11-5-10(6-13-7-11)8(2)9(3)12/h5-9H,4,12H2,1-3H3. The Hall–Kier alpha value is -1.09. The van der Waals surface area contributed by atoms with Gasteiger partial charge < -0.3 is 10.5 Å². The minimum absolute atomic E-state index is 0.133. The number of hydrogen-bond donors (Lipinski definition) is 1. The molecule has 0 radical (unpaired) electrons. The molecule has 0 fully saturated rings. The van der Waals surface area contributed by atoms with E-state index in [2.05, 4.69) is 11.9 Å². The quantitative estimate of drug-likeness (QED) is 0.796. The van der Waals surface area contributed by atoms with E-state index in [-0.39, 0.29) is 6.04 Å². The van der Waals surface area contributed by atoms with Crippen LogP contribution in [0.15, 0.2) is 18.5 Å². The zero-order valence-electron chi connectivity index (χ0n) is 9.03. The van der Waals surface area contributed by atoms with Crippen molar-refractivity contribution in [3.8, 4) is 5.75 Å². The smallest absolute Gasteiger partial charge is 0.137 e. The predicted octanol–water partition coefficient (Wildman–Crippen LogP) is 1.93. The van der Waals surface area contributed by atoms with Crippen LogP contribution in [0.2, 0.25) is 0 Å². The highest BCUT2D eigenvalue weighted by atomic mass is 16.5. The van der Waals surface area contributed by atoms with Crippen molar-refractivity contribution in [2.45, 2.75) is 32.7 Å². The van der Waals surface area contributed by atoms with Crippen molar-refractivity contribution >= 4 is 0 Å². The van der Waals surface area contributed by atoms with Gasteiger partial charge in [0.25, 0.3) is 0 Å². The van der Waals surface area contributed by atoms with Crippen LogP contribution in [0.5, 0.6) is 5.75 Å². The molecule has 14 heavy (non-hydrogen) atoms. The van der Waals surface area contributed by atoms with Crippen molar-refractivity contribution in [2.24, 2.45) is 5.73 Å². The number of hydrogen-bond acceptors (Lipinski definition) is 3. The first kappa shape index (κ1) is 11.0. The Morgan fingerprint density at radius 1 is 1.43 bits per heavy atom. The van der Waals surface area contributed by atoms with Crippen molar-refractivity contribution in [3.63, 3.8) is 0 Å². The summed E-state index contributed by atoms with van der Waals surface area (Å²) in [5.74, 6) is 1.13. The Kier molecular flexibility index (Phi) is 3.89. The first-order valence-corrected chi connectivity index (χ1v) is 4.98. The first-order chi connectivity index (χ1) is 6.65. The van der Waals surface area contributed by atoms with Gasteiger partial charge in [-0.05, 0) is 31.4 Å². The van der Waals surface area contributed by atoms with Crippen LogP contribution < -0.4 is 10.5 Å². The molecule has 0 bridgehead atoms. The Morgan fingerprint density at radius 3 is 2.71 bits per heavy atom. The Balaban J connectivity index is 2.82. The largest absolute Gasteiger partial charge is 0.492 e. The zero-order valence-corrected chi connectivity index (χ0v) is 9.03.